The molecule has 7 rings (SSSR count). The molecule has 8 nitrogen and oxygen atoms in total. The number of H-pyrrole nitrogens is 2. The molecule has 0 radical (unpaired) electrons. The molecule has 0 bridgehead atoms. The maximum atomic E-state index is 15.2. The van der Waals surface area contributed by atoms with Gasteiger partial charge in [-0.05, 0) is 43.2 Å². The number of nitrogens with one attached hydrogen (secondary N) is 3. The van der Waals surface area contributed by atoms with E-state index in [-0.39, 0.29) is 17.6 Å². The van der Waals surface area contributed by atoms with Crippen molar-refractivity contribution in [3.63, 3.8) is 0 Å². The fraction of sp³-hybridized carbons (Fsp3) is 0.107. The molecule has 2 aromatic carbocycles. The maximum absolute atomic E-state index is 15.2. The number of pyridine rings is 2. The van der Waals surface area contributed by atoms with Gasteiger partial charge in [0.1, 0.15) is 22.8 Å². The highest BCUT2D eigenvalue weighted by Crippen LogP contribution is 2.35. The van der Waals surface area contributed by atoms with Crippen LogP contribution in [-0.4, -0.2) is 36.0 Å². The number of anilines is 1. The Labute approximate surface area is 214 Å². The van der Waals surface area contributed by atoms with Gasteiger partial charge in [-0.3, -0.25) is 19.9 Å². The van der Waals surface area contributed by atoms with Gasteiger partial charge in [0.15, 0.2) is 5.82 Å². The second-order valence-electron chi connectivity index (χ2n) is 9.33. The van der Waals surface area contributed by atoms with E-state index in [1.165, 1.54) is 18.2 Å². The number of carbonyl (C=O) groups excluding carboxylic acids is 1. The third kappa shape index (κ3) is 3.86. The molecule has 0 saturated heterocycles. The number of rotatable bonds is 5. The van der Waals surface area contributed by atoms with E-state index in [0.29, 0.717) is 61.5 Å². The van der Waals surface area contributed by atoms with Crippen LogP contribution in [-0.2, 0) is 4.79 Å². The zero-order chi connectivity index (χ0) is 25.8. The molecule has 186 valence electrons. The Bertz CT molecular complexity index is 1870. The largest absolute Gasteiger partial charge is 0.336 e. The summed E-state index contributed by atoms with van der Waals surface area (Å²) in [6, 6.07) is 12.7. The van der Waals surface area contributed by atoms with E-state index in [1.54, 1.807) is 48.9 Å². The highest BCUT2D eigenvalue weighted by atomic mass is 19.1. The van der Waals surface area contributed by atoms with Gasteiger partial charge >= 0.3 is 0 Å². The van der Waals surface area contributed by atoms with Crippen LogP contribution in [0.5, 0.6) is 0 Å². The first kappa shape index (κ1) is 22.2. The van der Waals surface area contributed by atoms with Crippen LogP contribution >= 0.6 is 0 Å². The Morgan fingerprint density at radius 3 is 2.71 bits per heavy atom. The monoisotopic (exact) mass is 507 g/mol. The van der Waals surface area contributed by atoms with Crippen LogP contribution in [0.25, 0.3) is 55.8 Å². The van der Waals surface area contributed by atoms with Gasteiger partial charge in [-0.15, -0.1) is 0 Å². The predicted octanol–water partition coefficient (Wildman–Crippen LogP) is 5.86. The zero-order valence-electron chi connectivity index (χ0n) is 19.8. The van der Waals surface area contributed by atoms with Crippen molar-refractivity contribution >= 4 is 33.5 Å². The number of hydrogen-bond donors (Lipinski definition) is 3. The molecule has 0 atom stereocenters. The predicted molar refractivity (Wildman–Crippen MR) is 139 cm³/mol. The molecule has 6 aromatic rings. The Balaban J connectivity index is 1.31. The van der Waals surface area contributed by atoms with Crippen molar-refractivity contribution in [2.45, 2.75) is 12.8 Å². The lowest BCUT2D eigenvalue weighted by Crippen LogP contribution is -2.13. The number of aromatic nitrogens is 6. The van der Waals surface area contributed by atoms with E-state index in [2.05, 4.69) is 30.5 Å². The number of halogens is 2. The molecule has 3 N–H and O–H groups in total. The molecular formula is C28H19F2N7O. The third-order valence-corrected chi connectivity index (χ3v) is 6.64. The first-order chi connectivity index (χ1) is 18.5. The second-order valence-corrected chi connectivity index (χ2v) is 9.33. The minimum absolute atomic E-state index is 0.0423. The molecule has 1 aliphatic carbocycles. The average Bonchev–Trinajstić information content (AvgIpc) is 3.56. The molecule has 1 amide bonds. The molecular weight excluding hydrogens is 488 g/mol. The molecule has 10 heteroatoms. The average molecular weight is 508 g/mol. The first-order valence-electron chi connectivity index (χ1n) is 12.1. The van der Waals surface area contributed by atoms with Crippen LogP contribution in [0.15, 0.2) is 67.1 Å². The molecule has 4 aromatic heterocycles. The minimum atomic E-state index is -0.456. The van der Waals surface area contributed by atoms with Crippen molar-refractivity contribution < 1.29 is 13.6 Å². The van der Waals surface area contributed by atoms with Crippen molar-refractivity contribution in [3.8, 4) is 33.9 Å². The second kappa shape index (κ2) is 8.55. The number of benzene rings is 2. The summed E-state index contributed by atoms with van der Waals surface area (Å²) in [4.78, 5) is 28.8. The molecule has 1 saturated carbocycles. The first-order valence-corrected chi connectivity index (χ1v) is 12.1. The van der Waals surface area contributed by atoms with Crippen molar-refractivity contribution in [1.82, 2.24) is 30.1 Å². The minimum Gasteiger partial charge on any atom is -0.336 e. The number of carbonyl (C=O) groups is 1. The van der Waals surface area contributed by atoms with Gasteiger partial charge in [-0.1, -0.05) is 12.1 Å². The summed E-state index contributed by atoms with van der Waals surface area (Å²) in [5.41, 5.74) is 4.75. The number of hydrogen-bond acceptors (Lipinski definition) is 5. The molecule has 38 heavy (non-hydrogen) atoms. The highest BCUT2D eigenvalue weighted by molar-refractivity contribution is 5.98. The van der Waals surface area contributed by atoms with Gasteiger partial charge in [-0.2, -0.15) is 5.10 Å². The van der Waals surface area contributed by atoms with Crippen LogP contribution in [0.1, 0.15) is 12.8 Å². The smallest absolute Gasteiger partial charge is 0.227 e. The SMILES string of the molecule is O=C(Nc1cncc(-c2cc3c(-c4nc5c(-c6cccc(F)c6)nccc5[nH]4)n[nH]c3cc2F)c1)C1CC1. The molecule has 0 unspecified atom stereocenters. The topological polar surface area (TPSA) is 112 Å². The van der Waals surface area contributed by atoms with Crippen LogP contribution in [0, 0.1) is 17.6 Å². The Morgan fingerprint density at radius 1 is 0.974 bits per heavy atom. The molecule has 4 heterocycles. The summed E-state index contributed by atoms with van der Waals surface area (Å²) in [5.74, 6) is -0.370. The zero-order valence-corrected chi connectivity index (χ0v) is 19.8. The van der Waals surface area contributed by atoms with Crippen molar-refractivity contribution in [1.29, 1.82) is 0 Å². The number of aromatic amines is 2. The Morgan fingerprint density at radius 2 is 1.87 bits per heavy atom. The normalized spacial score (nSPS) is 13.3. The lowest BCUT2D eigenvalue weighted by molar-refractivity contribution is -0.117. The number of amides is 1. The van der Waals surface area contributed by atoms with Gasteiger partial charge in [-0.25, -0.2) is 13.8 Å². The van der Waals surface area contributed by atoms with E-state index < -0.39 is 5.82 Å². The van der Waals surface area contributed by atoms with Crippen molar-refractivity contribution in [2.24, 2.45) is 5.92 Å². The van der Waals surface area contributed by atoms with Crippen LogP contribution in [0.3, 0.4) is 0 Å². The summed E-state index contributed by atoms with van der Waals surface area (Å²) < 4.78 is 29.0. The maximum Gasteiger partial charge on any atom is 0.227 e. The Kier molecular flexibility index (Phi) is 5.00. The summed E-state index contributed by atoms with van der Waals surface area (Å²) in [6.45, 7) is 0. The standard InChI is InChI=1S/C28H19F2N7O/c29-17-3-1-2-15(8-17)24-26-22(6-7-32-24)34-27(35-26)25-20-10-19(21(30)11-23(20)36-37-25)16-9-18(13-31-12-16)33-28(38)14-4-5-14/h1-3,6-14H,4-5H2,(H,33,38)(H,34,35)(H,36,37). The van der Waals surface area contributed by atoms with E-state index in [0.717, 1.165) is 12.8 Å². The summed E-state index contributed by atoms with van der Waals surface area (Å²) in [7, 11) is 0. The fourth-order valence-electron chi connectivity index (χ4n) is 4.58. The number of nitrogens with zero attached hydrogens (tertiary/aromatic N) is 4. The third-order valence-electron chi connectivity index (χ3n) is 6.64. The van der Waals surface area contributed by atoms with Gasteiger partial charge in [0.05, 0.1) is 28.6 Å². The molecule has 1 fully saturated rings. The van der Waals surface area contributed by atoms with Crippen LogP contribution in [0.2, 0.25) is 0 Å². The molecule has 0 spiro atoms. The van der Waals surface area contributed by atoms with E-state index in [1.807, 2.05) is 0 Å². The molecule has 0 aliphatic heterocycles. The summed E-state index contributed by atoms with van der Waals surface area (Å²) in [5, 5.41) is 10.8. The highest BCUT2D eigenvalue weighted by Gasteiger charge is 2.29. The van der Waals surface area contributed by atoms with Crippen molar-refractivity contribution in [2.75, 3.05) is 5.32 Å². The van der Waals surface area contributed by atoms with Gasteiger partial charge < -0.3 is 10.3 Å². The fourth-order valence-corrected chi connectivity index (χ4v) is 4.58. The Hall–Kier alpha value is -4.99. The van der Waals surface area contributed by atoms with E-state index >= 15 is 4.39 Å². The quantitative estimate of drug-likeness (QED) is 0.271. The van der Waals surface area contributed by atoms with Crippen LogP contribution in [0.4, 0.5) is 14.5 Å². The number of fused-ring (bicyclic) bond motifs is 2. The lowest BCUT2D eigenvalue weighted by Gasteiger charge is -2.08. The van der Waals surface area contributed by atoms with E-state index in [4.69, 9.17) is 4.98 Å². The molecule has 1 aliphatic rings. The van der Waals surface area contributed by atoms with Gasteiger partial charge in [0, 0.05) is 46.5 Å². The summed E-state index contributed by atoms with van der Waals surface area (Å²) in [6.07, 6.45) is 6.49. The van der Waals surface area contributed by atoms with Crippen molar-refractivity contribution in [3.05, 3.63) is 78.8 Å². The van der Waals surface area contributed by atoms with Gasteiger partial charge in [0.25, 0.3) is 0 Å². The number of imidazole rings is 1. The lowest BCUT2D eigenvalue weighted by atomic mass is 10.0. The van der Waals surface area contributed by atoms with Crippen LogP contribution < -0.4 is 5.32 Å². The van der Waals surface area contributed by atoms with E-state index in [9.17, 15) is 9.18 Å². The van der Waals surface area contributed by atoms with Gasteiger partial charge in [0.2, 0.25) is 5.91 Å². The summed E-state index contributed by atoms with van der Waals surface area (Å²) >= 11 is 0.